The lowest BCUT2D eigenvalue weighted by Gasteiger charge is -2.45. The van der Waals surface area contributed by atoms with Crippen LogP contribution < -0.4 is 10.6 Å². The molecule has 2 aliphatic heterocycles. The monoisotopic (exact) mass is 433 g/mol. The highest BCUT2D eigenvalue weighted by molar-refractivity contribution is 6.23. The number of amides is 2. The second kappa shape index (κ2) is 9.25. The number of carbonyl (C=O) groups is 3. The van der Waals surface area contributed by atoms with Crippen LogP contribution in [-0.4, -0.2) is 41.1 Å². The zero-order valence-corrected chi connectivity index (χ0v) is 18.8. The summed E-state index contributed by atoms with van der Waals surface area (Å²) < 4.78 is 0. The molecule has 6 heteroatoms. The summed E-state index contributed by atoms with van der Waals surface area (Å²) in [7, 11) is 0. The average Bonchev–Trinajstić information content (AvgIpc) is 2.76. The standard InChI is InChI=1S/C26H31N3O3/c1-18(2)20-10-6-7-11-21(20)27-24(31)23-22(30)16-26(28-25(23)32)12-14-29(15-13-26)17-19-8-4-3-5-9-19/h3-11,18,23H,12-17H2,1-2H3,(H,27,31)(H,28,32). The molecule has 1 spiro atoms. The van der Waals surface area contributed by atoms with Crippen LogP contribution in [0.15, 0.2) is 54.6 Å². The van der Waals surface area contributed by atoms with Crippen molar-refractivity contribution in [3.63, 3.8) is 0 Å². The van der Waals surface area contributed by atoms with E-state index >= 15 is 0 Å². The Kier molecular flexibility index (Phi) is 6.42. The van der Waals surface area contributed by atoms with Crippen LogP contribution in [0.1, 0.15) is 50.2 Å². The first-order valence-corrected chi connectivity index (χ1v) is 11.4. The third kappa shape index (κ3) is 4.75. The Morgan fingerprint density at radius 1 is 1.06 bits per heavy atom. The van der Waals surface area contributed by atoms with Crippen molar-refractivity contribution in [2.75, 3.05) is 18.4 Å². The fourth-order valence-electron chi connectivity index (χ4n) is 4.83. The summed E-state index contributed by atoms with van der Waals surface area (Å²) in [6.07, 6.45) is 1.63. The fourth-order valence-corrected chi connectivity index (χ4v) is 4.83. The van der Waals surface area contributed by atoms with Gasteiger partial charge in [-0.1, -0.05) is 62.4 Å². The van der Waals surface area contributed by atoms with Crippen LogP contribution in [0.2, 0.25) is 0 Å². The molecule has 2 saturated heterocycles. The van der Waals surface area contributed by atoms with E-state index in [1.54, 1.807) is 0 Å². The highest BCUT2D eigenvalue weighted by Crippen LogP contribution is 2.32. The van der Waals surface area contributed by atoms with Crippen LogP contribution in [0.25, 0.3) is 0 Å². The van der Waals surface area contributed by atoms with Gasteiger partial charge in [0.15, 0.2) is 11.7 Å². The second-order valence-corrected chi connectivity index (χ2v) is 9.34. The summed E-state index contributed by atoms with van der Waals surface area (Å²) in [6.45, 7) is 6.55. The lowest BCUT2D eigenvalue weighted by atomic mass is 9.76. The molecule has 0 aromatic heterocycles. The molecule has 4 rings (SSSR count). The van der Waals surface area contributed by atoms with Crippen molar-refractivity contribution in [3.05, 3.63) is 65.7 Å². The Balaban J connectivity index is 1.38. The van der Waals surface area contributed by atoms with Gasteiger partial charge in [-0.2, -0.15) is 0 Å². The maximum absolute atomic E-state index is 13.0. The minimum absolute atomic E-state index is 0.210. The largest absolute Gasteiger partial charge is 0.349 e. The lowest BCUT2D eigenvalue weighted by Crippen LogP contribution is -2.63. The summed E-state index contributed by atoms with van der Waals surface area (Å²) in [6, 6.07) is 17.8. The first kappa shape index (κ1) is 22.2. The maximum Gasteiger partial charge on any atom is 0.244 e. The van der Waals surface area contributed by atoms with E-state index < -0.39 is 23.3 Å². The van der Waals surface area contributed by atoms with Gasteiger partial charge in [0.1, 0.15) is 0 Å². The summed E-state index contributed by atoms with van der Waals surface area (Å²) >= 11 is 0. The molecule has 2 aromatic carbocycles. The fraction of sp³-hybridized carbons (Fsp3) is 0.423. The van der Waals surface area contributed by atoms with Crippen molar-refractivity contribution in [1.82, 2.24) is 10.2 Å². The molecule has 2 fully saturated rings. The van der Waals surface area contributed by atoms with Crippen LogP contribution in [0, 0.1) is 5.92 Å². The van der Waals surface area contributed by atoms with Crippen molar-refractivity contribution >= 4 is 23.3 Å². The first-order chi connectivity index (χ1) is 15.4. The molecule has 1 atom stereocenters. The van der Waals surface area contributed by atoms with Crippen LogP contribution in [-0.2, 0) is 20.9 Å². The topological polar surface area (TPSA) is 78.5 Å². The number of ketones is 1. The van der Waals surface area contributed by atoms with Gasteiger partial charge >= 0.3 is 0 Å². The Hall–Kier alpha value is -2.99. The minimum atomic E-state index is -1.29. The second-order valence-electron chi connectivity index (χ2n) is 9.34. The Labute approximate surface area is 189 Å². The van der Waals surface area contributed by atoms with E-state index in [-0.39, 0.29) is 18.1 Å². The molecule has 168 valence electrons. The predicted octanol–water partition coefficient (Wildman–Crippen LogP) is 3.49. The first-order valence-electron chi connectivity index (χ1n) is 11.4. The molecular weight excluding hydrogens is 402 g/mol. The Bertz CT molecular complexity index is 974. The third-order valence-electron chi connectivity index (χ3n) is 6.65. The van der Waals surface area contributed by atoms with Crippen molar-refractivity contribution in [2.24, 2.45) is 5.92 Å². The minimum Gasteiger partial charge on any atom is -0.349 e. The van der Waals surface area contributed by atoms with Crippen molar-refractivity contribution in [3.8, 4) is 0 Å². The number of piperidine rings is 2. The number of carbonyl (C=O) groups excluding carboxylic acids is 3. The molecule has 6 nitrogen and oxygen atoms in total. The molecule has 2 amide bonds. The van der Waals surface area contributed by atoms with Gasteiger partial charge in [-0.05, 0) is 36.0 Å². The predicted molar refractivity (Wildman–Crippen MR) is 124 cm³/mol. The van der Waals surface area contributed by atoms with Gasteiger partial charge in [0.25, 0.3) is 0 Å². The molecule has 0 radical (unpaired) electrons. The van der Waals surface area contributed by atoms with Crippen molar-refractivity contribution in [1.29, 1.82) is 0 Å². The SMILES string of the molecule is CC(C)c1ccccc1NC(=O)C1C(=O)CC2(CCN(Cc3ccccc3)CC2)NC1=O. The van der Waals surface area contributed by atoms with E-state index in [0.29, 0.717) is 18.5 Å². The average molecular weight is 434 g/mol. The number of rotatable bonds is 5. The molecule has 1 unspecified atom stereocenters. The Morgan fingerprint density at radius 3 is 2.38 bits per heavy atom. The summed E-state index contributed by atoms with van der Waals surface area (Å²) in [5.41, 5.74) is 2.36. The number of para-hydroxylation sites is 1. The molecule has 2 N–H and O–H groups in total. The molecule has 0 bridgehead atoms. The zero-order valence-electron chi connectivity index (χ0n) is 18.8. The van der Waals surface area contributed by atoms with Gasteiger partial charge in [-0.3, -0.25) is 19.3 Å². The van der Waals surface area contributed by atoms with Gasteiger partial charge in [-0.25, -0.2) is 0 Å². The van der Waals surface area contributed by atoms with Crippen LogP contribution in [0.4, 0.5) is 5.69 Å². The maximum atomic E-state index is 13.0. The van der Waals surface area contributed by atoms with E-state index in [9.17, 15) is 14.4 Å². The van der Waals surface area contributed by atoms with Crippen molar-refractivity contribution < 1.29 is 14.4 Å². The summed E-state index contributed by atoms with van der Waals surface area (Å²) in [5.74, 6) is -2.38. The highest BCUT2D eigenvalue weighted by atomic mass is 16.2. The molecule has 0 saturated carbocycles. The molecule has 0 aliphatic carbocycles. The van der Waals surface area contributed by atoms with Crippen LogP contribution in [0.3, 0.4) is 0 Å². The van der Waals surface area contributed by atoms with Gasteiger partial charge in [-0.15, -0.1) is 0 Å². The van der Waals surface area contributed by atoms with Gasteiger partial charge < -0.3 is 10.6 Å². The zero-order chi connectivity index (χ0) is 22.7. The van der Waals surface area contributed by atoms with Crippen LogP contribution in [0.5, 0.6) is 0 Å². The van der Waals surface area contributed by atoms with Gasteiger partial charge in [0.05, 0.1) is 0 Å². The summed E-state index contributed by atoms with van der Waals surface area (Å²) in [4.78, 5) is 41.1. The highest BCUT2D eigenvalue weighted by Gasteiger charge is 2.48. The number of hydrogen-bond donors (Lipinski definition) is 2. The number of benzene rings is 2. The summed E-state index contributed by atoms with van der Waals surface area (Å²) in [5, 5.41) is 5.87. The number of anilines is 1. The lowest BCUT2D eigenvalue weighted by molar-refractivity contribution is -0.146. The number of nitrogens with zero attached hydrogens (tertiary/aromatic N) is 1. The Morgan fingerprint density at radius 2 is 1.72 bits per heavy atom. The molecule has 2 aromatic rings. The van der Waals surface area contributed by atoms with Gasteiger partial charge in [0.2, 0.25) is 11.8 Å². The number of hydrogen-bond acceptors (Lipinski definition) is 4. The number of nitrogens with one attached hydrogen (secondary N) is 2. The molecular formula is C26H31N3O3. The number of likely N-dealkylation sites (tertiary alicyclic amines) is 1. The van der Waals surface area contributed by atoms with E-state index in [0.717, 1.165) is 25.2 Å². The third-order valence-corrected chi connectivity index (χ3v) is 6.65. The van der Waals surface area contributed by atoms with Gasteiger partial charge in [0, 0.05) is 37.3 Å². The molecule has 32 heavy (non-hydrogen) atoms. The van der Waals surface area contributed by atoms with E-state index in [1.165, 1.54) is 5.56 Å². The van der Waals surface area contributed by atoms with E-state index in [2.05, 4.69) is 27.7 Å². The van der Waals surface area contributed by atoms with E-state index in [1.807, 2.05) is 56.3 Å². The quantitative estimate of drug-likeness (QED) is 0.708. The molecule has 2 aliphatic rings. The van der Waals surface area contributed by atoms with E-state index in [4.69, 9.17) is 0 Å². The normalized spacial score (nSPS) is 20.9. The smallest absolute Gasteiger partial charge is 0.244 e. The number of Topliss-reactive ketones (excluding diaryl/α,β-unsaturated/α-hetero) is 1. The van der Waals surface area contributed by atoms with Crippen molar-refractivity contribution in [2.45, 2.75) is 51.1 Å². The molecule has 2 heterocycles. The van der Waals surface area contributed by atoms with Crippen LogP contribution >= 0.6 is 0 Å².